The quantitative estimate of drug-likeness (QED) is 0.646. The van der Waals surface area contributed by atoms with Gasteiger partial charge in [-0.2, -0.15) is 4.57 Å². The molecule has 1 aromatic heterocycles. The van der Waals surface area contributed by atoms with Crippen LogP contribution in [0.1, 0.15) is 16.7 Å². The Morgan fingerprint density at radius 2 is 1.81 bits per heavy atom. The molecule has 3 heteroatoms. The first kappa shape index (κ1) is 13.8. The third-order valence-corrected chi connectivity index (χ3v) is 4.37. The Hall–Kier alpha value is -2.13. The third kappa shape index (κ3) is 3.14. The van der Waals surface area contributed by atoms with Gasteiger partial charge in [0.1, 0.15) is 5.75 Å². The van der Waals surface area contributed by atoms with Crippen LogP contribution in [0.3, 0.4) is 0 Å². The van der Waals surface area contributed by atoms with Gasteiger partial charge >= 0.3 is 5.19 Å². The normalized spacial score (nSPS) is 10.6. The highest BCUT2D eigenvalue weighted by atomic mass is 32.1. The van der Waals surface area contributed by atoms with Crippen molar-refractivity contribution < 1.29 is 9.30 Å². The summed E-state index contributed by atoms with van der Waals surface area (Å²) in [5.41, 5.74) is 3.71. The second-order valence-electron chi connectivity index (χ2n) is 5.08. The van der Waals surface area contributed by atoms with Crippen molar-refractivity contribution in [1.29, 1.82) is 0 Å². The summed E-state index contributed by atoms with van der Waals surface area (Å²) in [6, 6.07) is 16.6. The lowest BCUT2D eigenvalue weighted by Crippen LogP contribution is -2.32. The lowest BCUT2D eigenvalue weighted by molar-refractivity contribution is -0.687. The largest absolute Gasteiger partial charge is 0.436 e. The molecule has 0 unspecified atom stereocenters. The van der Waals surface area contributed by atoms with Crippen LogP contribution in [-0.4, -0.2) is 0 Å². The summed E-state index contributed by atoms with van der Waals surface area (Å²) in [5.74, 6) is 0.930. The number of ether oxygens (including phenoxy) is 1. The maximum atomic E-state index is 6.11. The first-order chi connectivity index (χ1) is 10.2. The Morgan fingerprint density at radius 1 is 1.00 bits per heavy atom. The van der Waals surface area contributed by atoms with Crippen LogP contribution < -0.4 is 9.30 Å². The molecule has 0 N–H and O–H groups in total. The highest BCUT2D eigenvalue weighted by Crippen LogP contribution is 2.27. The van der Waals surface area contributed by atoms with Gasteiger partial charge in [-0.3, -0.25) is 0 Å². The van der Waals surface area contributed by atoms with Crippen LogP contribution >= 0.6 is 11.3 Å². The van der Waals surface area contributed by atoms with Crippen molar-refractivity contribution in [3.8, 4) is 10.9 Å². The maximum absolute atomic E-state index is 6.11. The van der Waals surface area contributed by atoms with E-state index in [0.29, 0.717) is 0 Å². The maximum Gasteiger partial charge on any atom is 0.436 e. The summed E-state index contributed by atoms with van der Waals surface area (Å²) in [7, 11) is 0. The number of aryl methyl sites for hydroxylation is 1. The van der Waals surface area contributed by atoms with Crippen LogP contribution in [0.2, 0.25) is 0 Å². The second kappa shape index (κ2) is 6.10. The molecule has 106 valence electrons. The Bertz CT molecular complexity index is 734. The standard InChI is InChI=1S/C18H18NOS/c1-14-7-6-10-17(15(14)2)20-18-19(11-12-21-18)13-16-8-4-3-5-9-16/h3-12H,13H2,1-2H3/q+1. The number of nitrogens with zero attached hydrogens (tertiary/aromatic N) is 1. The zero-order chi connectivity index (χ0) is 14.7. The summed E-state index contributed by atoms with van der Waals surface area (Å²) in [5, 5.41) is 2.97. The highest BCUT2D eigenvalue weighted by Gasteiger charge is 2.16. The average Bonchev–Trinajstić information content (AvgIpc) is 2.92. The first-order valence-electron chi connectivity index (χ1n) is 6.99. The van der Waals surface area contributed by atoms with Gasteiger partial charge in [-0.15, -0.1) is 0 Å². The zero-order valence-corrected chi connectivity index (χ0v) is 13.1. The van der Waals surface area contributed by atoms with Gasteiger partial charge < -0.3 is 4.74 Å². The van der Waals surface area contributed by atoms with E-state index in [-0.39, 0.29) is 0 Å². The molecule has 3 rings (SSSR count). The lowest BCUT2D eigenvalue weighted by Gasteiger charge is -2.07. The summed E-state index contributed by atoms with van der Waals surface area (Å²) in [4.78, 5) is 0. The second-order valence-corrected chi connectivity index (χ2v) is 5.94. The van der Waals surface area contributed by atoms with E-state index in [4.69, 9.17) is 4.74 Å². The molecule has 0 aliphatic rings. The summed E-state index contributed by atoms with van der Waals surface area (Å²) >= 11 is 1.62. The zero-order valence-electron chi connectivity index (χ0n) is 12.2. The van der Waals surface area contributed by atoms with Gasteiger partial charge in [0.05, 0.1) is 5.38 Å². The molecule has 0 spiro atoms. The van der Waals surface area contributed by atoms with Crippen LogP contribution in [0.4, 0.5) is 0 Å². The molecule has 0 saturated carbocycles. The van der Waals surface area contributed by atoms with Gasteiger partial charge in [0, 0.05) is 5.56 Å². The molecule has 0 aliphatic heterocycles. The van der Waals surface area contributed by atoms with Crippen molar-refractivity contribution in [2.45, 2.75) is 20.4 Å². The van der Waals surface area contributed by atoms with Crippen molar-refractivity contribution in [1.82, 2.24) is 0 Å². The Kier molecular flexibility index (Phi) is 4.02. The first-order valence-corrected chi connectivity index (χ1v) is 7.87. The van der Waals surface area contributed by atoms with Crippen LogP contribution in [0.5, 0.6) is 10.9 Å². The number of benzene rings is 2. The van der Waals surface area contributed by atoms with Crippen LogP contribution in [0.25, 0.3) is 0 Å². The molecule has 2 aromatic carbocycles. The molecule has 3 aromatic rings. The predicted octanol–water partition coefficient (Wildman–Crippen LogP) is 4.49. The van der Waals surface area contributed by atoms with Gasteiger partial charge in [-0.05, 0) is 42.4 Å². The van der Waals surface area contributed by atoms with Crippen molar-refractivity contribution in [3.05, 3.63) is 76.8 Å². The molecule has 0 fully saturated rings. The minimum absolute atomic E-state index is 0.824. The number of rotatable bonds is 4. The number of hydrogen-bond acceptors (Lipinski definition) is 2. The predicted molar refractivity (Wildman–Crippen MR) is 86.0 cm³/mol. The minimum atomic E-state index is 0.824. The van der Waals surface area contributed by atoms with Gasteiger partial charge in [0.15, 0.2) is 12.7 Å². The summed E-state index contributed by atoms with van der Waals surface area (Å²) in [6.45, 7) is 5.03. The van der Waals surface area contributed by atoms with Gasteiger partial charge in [-0.25, -0.2) is 0 Å². The summed E-state index contributed by atoms with van der Waals surface area (Å²) in [6.07, 6.45) is 2.07. The fraction of sp³-hybridized carbons (Fsp3) is 0.167. The number of hydrogen-bond donors (Lipinski definition) is 0. The van der Waals surface area contributed by atoms with E-state index in [0.717, 1.165) is 17.5 Å². The lowest BCUT2D eigenvalue weighted by atomic mass is 10.1. The monoisotopic (exact) mass is 296 g/mol. The van der Waals surface area contributed by atoms with Crippen molar-refractivity contribution >= 4 is 11.3 Å². The number of thiazole rings is 1. The minimum Gasteiger partial charge on any atom is -0.396 e. The average molecular weight is 296 g/mol. The molecule has 0 atom stereocenters. The van der Waals surface area contributed by atoms with Crippen LogP contribution in [0, 0.1) is 13.8 Å². The van der Waals surface area contributed by atoms with E-state index < -0.39 is 0 Å². The fourth-order valence-corrected chi connectivity index (χ4v) is 2.92. The topological polar surface area (TPSA) is 13.1 Å². The Balaban J connectivity index is 1.84. The molecule has 21 heavy (non-hydrogen) atoms. The SMILES string of the molecule is Cc1cccc(Oc2scc[n+]2Cc2ccccc2)c1C. The highest BCUT2D eigenvalue weighted by molar-refractivity contribution is 7.11. The van der Waals surface area contributed by atoms with Crippen molar-refractivity contribution in [3.63, 3.8) is 0 Å². The molecule has 0 saturated heterocycles. The van der Waals surface area contributed by atoms with E-state index in [9.17, 15) is 0 Å². The third-order valence-electron chi connectivity index (χ3n) is 3.59. The van der Waals surface area contributed by atoms with E-state index in [1.54, 1.807) is 11.3 Å². The molecule has 2 nitrogen and oxygen atoms in total. The molecule has 1 heterocycles. The van der Waals surface area contributed by atoms with E-state index in [2.05, 4.69) is 60.3 Å². The smallest absolute Gasteiger partial charge is 0.396 e. The van der Waals surface area contributed by atoms with Crippen molar-refractivity contribution in [2.75, 3.05) is 0 Å². The molecular weight excluding hydrogens is 278 g/mol. The molecule has 0 radical (unpaired) electrons. The molecular formula is C18H18NOS+. The molecule has 0 bridgehead atoms. The van der Waals surface area contributed by atoms with Gasteiger partial charge in [0.25, 0.3) is 0 Å². The number of aromatic nitrogens is 1. The Labute approximate surface area is 129 Å². The Morgan fingerprint density at radius 3 is 2.62 bits per heavy atom. The fourth-order valence-electron chi connectivity index (χ4n) is 2.20. The summed E-state index contributed by atoms with van der Waals surface area (Å²) < 4.78 is 8.26. The van der Waals surface area contributed by atoms with E-state index in [1.807, 2.05) is 18.2 Å². The van der Waals surface area contributed by atoms with E-state index in [1.165, 1.54) is 16.7 Å². The molecule has 0 amide bonds. The van der Waals surface area contributed by atoms with E-state index >= 15 is 0 Å². The van der Waals surface area contributed by atoms with Gasteiger partial charge in [-0.1, -0.05) is 42.5 Å². The van der Waals surface area contributed by atoms with Gasteiger partial charge in [0.2, 0.25) is 0 Å². The molecule has 0 aliphatic carbocycles. The van der Waals surface area contributed by atoms with Crippen molar-refractivity contribution in [2.24, 2.45) is 0 Å². The van der Waals surface area contributed by atoms with Crippen LogP contribution in [-0.2, 0) is 6.54 Å². The van der Waals surface area contributed by atoms with Crippen LogP contribution in [0.15, 0.2) is 60.1 Å².